The highest BCUT2D eigenvalue weighted by molar-refractivity contribution is 5.77. The predicted molar refractivity (Wildman–Crippen MR) is 130 cm³/mol. The third-order valence-electron chi connectivity index (χ3n) is 8.52. The summed E-state index contributed by atoms with van der Waals surface area (Å²) in [5.74, 6) is 1.06. The molecule has 32 heavy (non-hydrogen) atoms. The van der Waals surface area contributed by atoms with Crippen LogP contribution in [-0.4, -0.2) is 0 Å². The average molecular weight is 407 g/mol. The van der Waals surface area contributed by atoms with E-state index >= 15 is 0 Å². The molecule has 6 aliphatic carbocycles. The molecule has 10 rings (SSSR count). The summed E-state index contributed by atoms with van der Waals surface area (Å²) in [6.07, 6.45) is 0. The minimum atomic E-state index is 0.215. The highest BCUT2D eigenvalue weighted by Gasteiger charge is 2.48. The third kappa shape index (κ3) is 1.75. The van der Waals surface area contributed by atoms with Crippen molar-refractivity contribution in [2.45, 2.75) is 23.7 Å². The number of fused-ring (bicyclic) bond motifs is 1. The zero-order valence-electron chi connectivity index (χ0n) is 17.8. The molecule has 4 bridgehead atoms. The minimum Gasteiger partial charge on any atom is -0.0946 e. The van der Waals surface area contributed by atoms with Crippen LogP contribution in [0.25, 0.3) is 0 Å². The topological polar surface area (TPSA) is 0 Å². The molecule has 4 aromatic carbocycles. The molecule has 0 aromatic heterocycles. The van der Waals surface area contributed by atoms with Crippen molar-refractivity contribution in [3.63, 3.8) is 0 Å². The van der Waals surface area contributed by atoms with Gasteiger partial charge in [-0.15, -0.1) is 0 Å². The lowest BCUT2D eigenvalue weighted by molar-refractivity contribution is 0.688. The molecule has 4 aromatic rings. The lowest BCUT2D eigenvalue weighted by atomic mass is 9.53. The summed E-state index contributed by atoms with van der Waals surface area (Å²) >= 11 is 0. The second-order valence-electron chi connectivity index (χ2n) is 9.74. The maximum Gasteiger partial charge on any atom is 0.0352 e. The van der Waals surface area contributed by atoms with Crippen LogP contribution in [0.1, 0.15) is 79.3 Å². The van der Waals surface area contributed by atoms with E-state index in [0.717, 1.165) is 0 Å². The summed E-state index contributed by atoms with van der Waals surface area (Å²) in [5, 5.41) is 0. The molecular weight excluding hydrogens is 384 g/mol. The summed E-state index contributed by atoms with van der Waals surface area (Å²) in [6, 6.07) is 32.0. The van der Waals surface area contributed by atoms with Gasteiger partial charge in [0.05, 0.1) is 0 Å². The molecule has 0 spiro atoms. The van der Waals surface area contributed by atoms with Gasteiger partial charge in [-0.3, -0.25) is 0 Å². The summed E-state index contributed by atoms with van der Waals surface area (Å²) < 4.78 is 0. The SMILES string of the molecule is C=C1C(=C)[C@@H]2c3ccccc3[C@@H]1c1ccc3c(c12)C1c2ccccc2C3c2ccccc21. The Balaban J connectivity index is 1.50. The molecule has 0 amide bonds. The van der Waals surface area contributed by atoms with Crippen molar-refractivity contribution in [1.29, 1.82) is 0 Å². The monoisotopic (exact) mass is 406 g/mol. The Hall–Kier alpha value is -3.64. The largest absolute Gasteiger partial charge is 0.0946 e. The molecule has 0 heterocycles. The van der Waals surface area contributed by atoms with Crippen molar-refractivity contribution in [3.05, 3.63) is 165 Å². The zero-order valence-corrected chi connectivity index (χ0v) is 17.8. The molecule has 0 fully saturated rings. The first-order valence-corrected chi connectivity index (χ1v) is 11.6. The van der Waals surface area contributed by atoms with Crippen LogP contribution in [0.4, 0.5) is 0 Å². The zero-order chi connectivity index (χ0) is 21.1. The molecule has 0 unspecified atom stereocenters. The molecule has 0 heteroatoms. The van der Waals surface area contributed by atoms with Crippen molar-refractivity contribution in [1.82, 2.24) is 0 Å². The summed E-state index contributed by atoms with van der Waals surface area (Å²) in [4.78, 5) is 0. The van der Waals surface area contributed by atoms with Gasteiger partial charge < -0.3 is 0 Å². The molecule has 0 saturated carbocycles. The Morgan fingerprint density at radius 2 is 0.688 bits per heavy atom. The Bertz CT molecular complexity index is 1480. The number of rotatable bonds is 0. The van der Waals surface area contributed by atoms with E-state index in [0.29, 0.717) is 11.8 Å². The first-order valence-electron chi connectivity index (χ1n) is 11.6. The van der Waals surface area contributed by atoms with Gasteiger partial charge in [-0.2, -0.15) is 0 Å². The van der Waals surface area contributed by atoms with Gasteiger partial charge in [0.1, 0.15) is 0 Å². The van der Waals surface area contributed by atoms with Crippen molar-refractivity contribution in [2.75, 3.05) is 0 Å². The van der Waals surface area contributed by atoms with Crippen LogP contribution in [0.3, 0.4) is 0 Å². The molecule has 2 atom stereocenters. The lowest BCUT2D eigenvalue weighted by Crippen LogP contribution is -2.34. The smallest absolute Gasteiger partial charge is 0.0352 e. The van der Waals surface area contributed by atoms with E-state index < -0.39 is 0 Å². The number of allylic oxidation sites excluding steroid dienone is 2. The van der Waals surface area contributed by atoms with Gasteiger partial charge >= 0.3 is 0 Å². The van der Waals surface area contributed by atoms with Crippen molar-refractivity contribution in [2.24, 2.45) is 0 Å². The van der Waals surface area contributed by atoms with Crippen LogP contribution in [0.5, 0.6) is 0 Å². The number of hydrogen-bond acceptors (Lipinski definition) is 0. The van der Waals surface area contributed by atoms with E-state index in [-0.39, 0.29) is 11.8 Å². The second-order valence-corrected chi connectivity index (χ2v) is 9.74. The predicted octanol–water partition coefficient (Wildman–Crippen LogP) is 7.38. The van der Waals surface area contributed by atoms with Crippen LogP contribution in [0.15, 0.2) is 109 Å². The Kier molecular flexibility index (Phi) is 2.96. The Morgan fingerprint density at radius 1 is 0.344 bits per heavy atom. The van der Waals surface area contributed by atoms with Crippen LogP contribution in [0.2, 0.25) is 0 Å². The van der Waals surface area contributed by atoms with Gasteiger partial charge in [0, 0.05) is 23.7 Å². The molecular formula is C32H22. The van der Waals surface area contributed by atoms with Gasteiger partial charge in [-0.1, -0.05) is 98.1 Å². The summed E-state index contributed by atoms with van der Waals surface area (Å²) in [5.41, 5.74) is 17.2. The van der Waals surface area contributed by atoms with E-state index in [1.165, 1.54) is 61.2 Å². The average Bonchev–Trinajstić information content (AvgIpc) is 2.85. The van der Waals surface area contributed by atoms with Crippen LogP contribution >= 0.6 is 0 Å². The highest BCUT2D eigenvalue weighted by Crippen LogP contribution is 2.63. The summed E-state index contributed by atoms with van der Waals surface area (Å²) in [7, 11) is 0. The molecule has 150 valence electrons. The van der Waals surface area contributed by atoms with Crippen molar-refractivity contribution >= 4 is 0 Å². The van der Waals surface area contributed by atoms with Gasteiger partial charge in [-0.05, 0) is 66.8 Å². The molecule has 0 saturated heterocycles. The standard InChI is InChI=1S/C32H22/c1-17-18(2)28-20-10-4-3-9-19(20)27(17)25-15-16-26-29-21-11-5-7-13-23(21)30(32(26)31(25)28)24-14-8-6-12-22(24)29/h3-16,27-30H,1-2H2/t27-,28-,29?,30?/m1/s1. The van der Waals surface area contributed by atoms with Crippen LogP contribution < -0.4 is 0 Å². The fourth-order valence-electron chi connectivity index (χ4n) is 7.34. The molecule has 6 aliphatic rings. The normalized spacial score (nSPS) is 25.0. The first-order chi connectivity index (χ1) is 15.8. The van der Waals surface area contributed by atoms with E-state index in [1.54, 1.807) is 5.56 Å². The fraction of sp³-hybridized carbons (Fsp3) is 0.125. The lowest BCUT2D eigenvalue weighted by Gasteiger charge is -2.49. The number of benzene rings is 4. The second kappa shape index (κ2) is 5.58. The van der Waals surface area contributed by atoms with E-state index in [9.17, 15) is 0 Å². The van der Waals surface area contributed by atoms with Crippen LogP contribution in [0, 0.1) is 0 Å². The quantitative estimate of drug-likeness (QED) is 0.247. The highest BCUT2D eigenvalue weighted by atomic mass is 14.5. The first kappa shape index (κ1) is 17.0. The van der Waals surface area contributed by atoms with Crippen LogP contribution in [-0.2, 0) is 0 Å². The van der Waals surface area contributed by atoms with Gasteiger partial charge in [-0.25, -0.2) is 0 Å². The molecule has 0 radical (unpaired) electrons. The van der Waals surface area contributed by atoms with Gasteiger partial charge in [0.2, 0.25) is 0 Å². The van der Waals surface area contributed by atoms with Gasteiger partial charge in [0.15, 0.2) is 0 Å². The Morgan fingerprint density at radius 3 is 1.22 bits per heavy atom. The van der Waals surface area contributed by atoms with E-state index in [1.807, 2.05) is 0 Å². The van der Waals surface area contributed by atoms with Crippen molar-refractivity contribution < 1.29 is 0 Å². The molecule has 0 N–H and O–H groups in total. The summed E-state index contributed by atoms with van der Waals surface area (Å²) in [6.45, 7) is 9.08. The molecule has 0 aliphatic heterocycles. The van der Waals surface area contributed by atoms with E-state index in [4.69, 9.17) is 0 Å². The van der Waals surface area contributed by atoms with E-state index in [2.05, 4.69) is 98.1 Å². The Labute approximate surface area is 188 Å². The van der Waals surface area contributed by atoms with Crippen molar-refractivity contribution in [3.8, 4) is 0 Å². The molecule has 0 nitrogen and oxygen atoms in total. The fourth-order valence-corrected chi connectivity index (χ4v) is 7.34. The number of hydrogen-bond donors (Lipinski definition) is 0. The maximum absolute atomic E-state index is 4.58. The maximum atomic E-state index is 4.58. The third-order valence-corrected chi connectivity index (χ3v) is 8.52. The minimum absolute atomic E-state index is 0.215. The van der Waals surface area contributed by atoms with Gasteiger partial charge in [0.25, 0.3) is 0 Å².